The maximum Gasteiger partial charge on any atom is 0.146 e. The molecule has 1 fully saturated rings. The molecule has 5 heteroatoms. The van der Waals surface area contributed by atoms with Crippen molar-refractivity contribution in [1.82, 2.24) is 4.90 Å². The van der Waals surface area contributed by atoms with Gasteiger partial charge in [0.1, 0.15) is 11.6 Å². The molecule has 2 aromatic carbocycles. The highest BCUT2D eigenvalue weighted by molar-refractivity contribution is 5.54. The van der Waals surface area contributed by atoms with Crippen LogP contribution in [-0.2, 0) is 6.42 Å². The molecule has 1 aliphatic rings. The molecule has 3 rings (SSSR count). The lowest BCUT2D eigenvalue weighted by Gasteiger charge is -2.36. The van der Waals surface area contributed by atoms with Crippen LogP contribution in [-0.4, -0.2) is 44.7 Å². The second kappa shape index (κ2) is 7.53. The fourth-order valence-corrected chi connectivity index (χ4v) is 3.15. The van der Waals surface area contributed by atoms with Crippen molar-refractivity contribution < 1.29 is 9.13 Å². The van der Waals surface area contributed by atoms with Crippen LogP contribution in [0, 0.1) is 5.82 Å². The number of ether oxygens (including phenoxy) is 1. The zero-order valence-corrected chi connectivity index (χ0v) is 14.0. The minimum Gasteiger partial charge on any atom is -0.495 e. The van der Waals surface area contributed by atoms with Crippen molar-refractivity contribution in [1.29, 1.82) is 0 Å². The van der Waals surface area contributed by atoms with Crippen LogP contribution in [0.15, 0.2) is 42.5 Å². The Bertz CT molecular complexity index is 684. The van der Waals surface area contributed by atoms with Crippen LogP contribution in [0.5, 0.6) is 5.75 Å². The predicted octanol–water partition coefficient (Wildman–Crippen LogP) is 2.78. The van der Waals surface area contributed by atoms with E-state index in [1.807, 2.05) is 24.3 Å². The highest BCUT2D eigenvalue weighted by Gasteiger charge is 2.19. The number of halogens is 1. The van der Waals surface area contributed by atoms with Crippen molar-refractivity contribution in [3.05, 3.63) is 53.8 Å². The van der Waals surface area contributed by atoms with E-state index in [4.69, 9.17) is 10.5 Å². The molecule has 1 saturated heterocycles. The van der Waals surface area contributed by atoms with Crippen LogP contribution in [0.25, 0.3) is 0 Å². The van der Waals surface area contributed by atoms with Crippen LogP contribution >= 0.6 is 0 Å². The third-order valence-electron chi connectivity index (χ3n) is 4.58. The van der Waals surface area contributed by atoms with E-state index in [0.717, 1.165) is 44.9 Å². The molecule has 0 unspecified atom stereocenters. The second-order valence-electron chi connectivity index (χ2n) is 6.11. The number of benzene rings is 2. The number of anilines is 2. The Morgan fingerprint density at radius 1 is 1.08 bits per heavy atom. The van der Waals surface area contributed by atoms with E-state index in [-0.39, 0.29) is 5.82 Å². The largest absolute Gasteiger partial charge is 0.495 e. The van der Waals surface area contributed by atoms with Crippen LogP contribution in [0.4, 0.5) is 15.8 Å². The van der Waals surface area contributed by atoms with Gasteiger partial charge in [0.2, 0.25) is 0 Å². The lowest BCUT2D eigenvalue weighted by atomic mass is 10.1. The minimum absolute atomic E-state index is 0.139. The molecule has 2 N–H and O–H groups in total. The fourth-order valence-electron chi connectivity index (χ4n) is 3.15. The lowest BCUT2D eigenvalue weighted by molar-refractivity contribution is 0.260. The summed E-state index contributed by atoms with van der Waals surface area (Å²) in [5.74, 6) is 0.580. The number of nitrogens with two attached hydrogens (primary N) is 1. The van der Waals surface area contributed by atoms with Crippen molar-refractivity contribution in [2.75, 3.05) is 50.5 Å². The number of nitrogens with zero attached hydrogens (tertiary/aromatic N) is 2. The van der Waals surface area contributed by atoms with E-state index in [0.29, 0.717) is 11.4 Å². The third kappa shape index (κ3) is 3.79. The summed E-state index contributed by atoms with van der Waals surface area (Å²) in [5, 5.41) is 0. The number of hydrogen-bond donors (Lipinski definition) is 1. The summed E-state index contributed by atoms with van der Waals surface area (Å²) < 4.78 is 19.0. The van der Waals surface area contributed by atoms with Crippen molar-refractivity contribution in [2.45, 2.75) is 6.42 Å². The van der Waals surface area contributed by atoms with Crippen molar-refractivity contribution >= 4 is 11.4 Å². The van der Waals surface area contributed by atoms with Gasteiger partial charge >= 0.3 is 0 Å². The van der Waals surface area contributed by atoms with Gasteiger partial charge < -0.3 is 15.4 Å². The van der Waals surface area contributed by atoms with Crippen LogP contribution in [0.1, 0.15) is 5.56 Å². The summed E-state index contributed by atoms with van der Waals surface area (Å²) >= 11 is 0. The van der Waals surface area contributed by atoms with E-state index in [1.54, 1.807) is 13.2 Å². The maximum atomic E-state index is 13.9. The van der Waals surface area contributed by atoms with Gasteiger partial charge in [0.05, 0.1) is 18.5 Å². The summed E-state index contributed by atoms with van der Waals surface area (Å²) in [6.45, 7) is 4.58. The maximum absolute atomic E-state index is 13.9. The number of nitrogen functional groups attached to an aromatic ring is 1. The molecule has 0 atom stereocenters. The zero-order chi connectivity index (χ0) is 16.9. The van der Waals surface area contributed by atoms with E-state index in [9.17, 15) is 4.39 Å². The molecule has 4 nitrogen and oxygen atoms in total. The highest BCUT2D eigenvalue weighted by Crippen LogP contribution is 2.23. The molecule has 24 heavy (non-hydrogen) atoms. The number of rotatable bonds is 5. The van der Waals surface area contributed by atoms with Crippen LogP contribution < -0.4 is 15.4 Å². The molecule has 0 spiro atoms. The first-order valence-electron chi connectivity index (χ1n) is 8.31. The van der Waals surface area contributed by atoms with Crippen LogP contribution in [0.3, 0.4) is 0 Å². The molecule has 0 aliphatic carbocycles. The molecular weight excluding hydrogens is 305 g/mol. The monoisotopic (exact) mass is 329 g/mol. The van der Waals surface area contributed by atoms with Gasteiger partial charge in [-0.05, 0) is 36.2 Å². The SMILES string of the molecule is COc1ccc(CCN2CCN(c3ccccc3F)CC2)cc1N. The normalized spacial score (nSPS) is 15.5. The van der Waals surface area contributed by atoms with Gasteiger partial charge in [-0.1, -0.05) is 18.2 Å². The van der Waals surface area contributed by atoms with E-state index in [2.05, 4.69) is 15.9 Å². The average molecular weight is 329 g/mol. The number of para-hydroxylation sites is 1. The summed E-state index contributed by atoms with van der Waals surface area (Å²) in [7, 11) is 1.63. The second-order valence-corrected chi connectivity index (χ2v) is 6.11. The predicted molar refractivity (Wildman–Crippen MR) is 96.2 cm³/mol. The Kier molecular flexibility index (Phi) is 5.20. The van der Waals surface area contributed by atoms with Gasteiger partial charge in [-0.15, -0.1) is 0 Å². The molecule has 0 radical (unpaired) electrons. The third-order valence-corrected chi connectivity index (χ3v) is 4.58. The first-order valence-corrected chi connectivity index (χ1v) is 8.31. The molecule has 2 aromatic rings. The first-order chi connectivity index (χ1) is 11.7. The van der Waals surface area contributed by atoms with Gasteiger partial charge in [0.25, 0.3) is 0 Å². The Balaban J connectivity index is 1.51. The van der Waals surface area contributed by atoms with Gasteiger partial charge in [0.15, 0.2) is 0 Å². The number of hydrogen-bond acceptors (Lipinski definition) is 4. The molecule has 1 aliphatic heterocycles. The number of methoxy groups -OCH3 is 1. The Morgan fingerprint density at radius 3 is 2.50 bits per heavy atom. The standard InChI is InChI=1S/C19H24FN3O/c1-24-19-7-6-15(14-17(19)21)8-9-22-10-12-23(13-11-22)18-5-3-2-4-16(18)20/h2-7,14H,8-13,21H2,1H3. The Hall–Kier alpha value is -2.27. The summed E-state index contributed by atoms with van der Waals surface area (Å²) in [6.07, 6.45) is 0.952. The van der Waals surface area contributed by atoms with E-state index >= 15 is 0 Å². The number of piperazine rings is 1. The molecule has 1 heterocycles. The summed E-state index contributed by atoms with van der Waals surface area (Å²) in [5.41, 5.74) is 8.56. The smallest absolute Gasteiger partial charge is 0.146 e. The quantitative estimate of drug-likeness (QED) is 0.857. The lowest BCUT2D eigenvalue weighted by Crippen LogP contribution is -2.47. The average Bonchev–Trinajstić information content (AvgIpc) is 2.61. The molecule has 128 valence electrons. The van der Waals surface area contributed by atoms with E-state index < -0.39 is 0 Å². The Morgan fingerprint density at radius 2 is 1.83 bits per heavy atom. The van der Waals surface area contributed by atoms with Crippen molar-refractivity contribution in [3.63, 3.8) is 0 Å². The van der Waals surface area contributed by atoms with Gasteiger partial charge in [-0.3, -0.25) is 4.90 Å². The van der Waals surface area contributed by atoms with Crippen molar-refractivity contribution in [3.8, 4) is 5.75 Å². The molecule has 0 bridgehead atoms. The van der Waals surface area contributed by atoms with Gasteiger partial charge in [-0.2, -0.15) is 0 Å². The van der Waals surface area contributed by atoms with Gasteiger partial charge in [0, 0.05) is 32.7 Å². The summed E-state index contributed by atoms with van der Waals surface area (Å²) in [6, 6.07) is 13.0. The van der Waals surface area contributed by atoms with E-state index in [1.165, 1.54) is 11.6 Å². The van der Waals surface area contributed by atoms with Crippen LogP contribution in [0.2, 0.25) is 0 Å². The first kappa shape index (κ1) is 16.6. The topological polar surface area (TPSA) is 41.7 Å². The zero-order valence-electron chi connectivity index (χ0n) is 14.0. The fraction of sp³-hybridized carbons (Fsp3) is 0.368. The van der Waals surface area contributed by atoms with Gasteiger partial charge in [-0.25, -0.2) is 4.39 Å². The molecule has 0 aromatic heterocycles. The summed E-state index contributed by atoms with van der Waals surface area (Å²) in [4.78, 5) is 4.54. The Labute approximate surface area is 142 Å². The van der Waals surface area contributed by atoms with Crippen molar-refractivity contribution in [2.24, 2.45) is 0 Å². The molecular formula is C19H24FN3O. The highest BCUT2D eigenvalue weighted by atomic mass is 19.1. The molecule has 0 amide bonds. The minimum atomic E-state index is -0.139. The molecule has 0 saturated carbocycles.